The minimum Gasteiger partial charge on any atom is -0.445 e. The Balaban J connectivity index is 2.02. The number of benzene rings is 1. The van der Waals surface area contributed by atoms with E-state index in [2.05, 4.69) is 10.3 Å². The third kappa shape index (κ3) is 4.33. The molecule has 0 fully saturated rings. The smallest absolute Gasteiger partial charge is 0.321 e. The molecule has 0 aliphatic carbocycles. The van der Waals surface area contributed by atoms with Gasteiger partial charge >= 0.3 is 6.03 Å². The summed E-state index contributed by atoms with van der Waals surface area (Å²) in [5.41, 5.74) is 0.587. The van der Waals surface area contributed by atoms with Crippen LogP contribution in [-0.2, 0) is 0 Å². The zero-order valence-corrected chi connectivity index (χ0v) is 13.0. The summed E-state index contributed by atoms with van der Waals surface area (Å²) in [6.45, 7) is 6.01. The third-order valence-electron chi connectivity index (χ3n) is 3.06. The van der Waals surface area contributed by atoms with E-state index >= 15 is 0 Å². The highest BCUT2D eigenvalue weighted by molar-refractivity contribution is 5.89. The van der Waals surface area contributed by atoms with Gasteiger partial charge < -0.3 is 19.7 Å². The van der Waals surface area contributed by atoms with Crippen LogP contribution in [0.15, 0.2) is 41.1 Å². The van der Waals surface area contributed by atoms with Gasteiger partial charge in [0.1, 0.15) is 6.26 Å². The number of nitrogens with zero attached hydrogens (tertiary/aromatic N) is 2. The van der Waals surface area contributed by atoms with E-state index in [0.29, 0.717) is 18.1 Å². The fraction of sp³-hybridized carbons (Fsp3) is 0.375. The second kappa shape index (κ2) is 6.62. The summed E-state index contributed by atoms with van der Waals surface area (Å²) in [6, 6.07) is 6.99. The summed E-state index contributed by atoms with van der Waals surface area (Å²) >= 11 is 0. The van der Waals surface area contributed by atoms with Crippen molar-refractivity contribution in [1.82, 2.24) is 9.88 Å². The number of aromatic nitrogens is 1. The first-order valence-electron chi connectivity index (χ1n) is 7.17. The topological polar surface area (TPSA) is 78.6 Å². The number of aliphatic hydroxyl groups is 1. The Hall–Kier alpha value is -2.34. The van der Waals surface area contributed by atoms with Gasteiger partial charge in [0.05, 0.1) is 18.3 Å². The van der Waals surface area contributed by atoms with Crippen molar-refractivity contribution in [2.75, 3.05) is 18.4 Å². The molecule has 1 aromatic carbocycles. The normalized spacial score (nSPS) is 11.3. The standard InChI is InChI=1S/C16H21N3O3/c1-4-19(11-16(2,3)21)15(20)18-13-7-5-12(6-8-13)14-17-9-10-22-14/h5-10,21H,4,11H2,1-3H3,(H,18,20). The molecule has 1 aromatic heterocycles. The molecule has 0 radical (unpaired) electrons. The van der Waals surface area contributed by atoms with Gasteiger partial charge in [-0.25, -0.2) is 9.78 Å². The first-order chi connectivity index (χ1) is 10.4. The molecule has 2 N–H and O–H groups in total. The molecule has 6 nitrogen and oxygen atoms in total. The van der Waals surface area contributed by atoms with Crippen molar-refractivity contribution in [3.63, 3.8) is 0 Å². The average molecular weight is 303 g/mol. The summed E-state index contributed by atoms with van der Waals surface area (Å²) in [4.78, 5) is 17.8. The quantitative estimate of drug-likeness (QED) is 0.890. The minimum atomic E-state index is -0.928. The minimum absolute atomic E-state index is 0.242. The maximum atomic E-state index is 12.2. The van der Waals surface area contributed by atoms with Crippen molar-refractivity contribution >= 4 is 11.7 Å². The summed E-state index contributed by atoms with van der Waals surface area (Å²) in [6.07, 6.45) is 3.10. The number of rotatable bonds is 5. The van der Waals surface area contributed by atoms with Gasteiger partial charge in [0.2, 0.25) is 5.89 Å². The van der Waals surface area contributed by atoms with E-state index < -0.39 is 5.60 Å². The van der Waals surface area contributed by atoms with Gasteiger partial charge in [-0.2, -0.15) is 0 Å². The maximum absolute atomic E-state index is 12.2. The van der Waals surface area contributed by atoms with Crippen LogP contribution in [-0.4, -0.2) is 39.7 Å². The van der Waals surface area contributed by atoms with Crippen molar-refractivity contribution in [3.8, 4) is 11.5 Å². The number of oxazole rings is 1. The predicted molar refractivity (Wildman–Crippen MR) is 84.5 cm³/mol. The first kappa shape index (κ1) is 16.0. The van der Waals surface area contributed by atoms with Gasteiger partial charge in [-0.3, -0.25) is 0 Å². The van der Waals surface area contributed by atoms with Gasteiger partial charge in [0.25, 0.3) is 0 Å². The lowest BCUT2D eigenvalue weighted by molar-refractivity contribution is 0.0501. The Bertz CT molecular complexity index is 601. The molecule has 0 saturated heterocycles. The van der Waals surface area contributed by atoms with Gasteiger partial charge in [-0.1, -0.05) is 0 Å². The van der Waals surface area contributed by atoms with Gasteiger partial charge in [-0.05, 0) is 45.0 Å². The van der Waals surface area contributed by atoms with Crippen LogP contribution in [0, 0.1) is 0 Å². The highest BCUT2D eigenvalue weighted by Gasteiger charge is 2.21. The molecule has 118 valence electrons. The predicted octanol–water partition coefficient (Wildman–Crippen LogP) is 2.97. The van der Waals surface area contributed by atoms with E-state index in [-0.39, 0.29) is 12.6 Å². The van der Waals surface area contributed by atoms with Crippen molar-refractivity contribution in [3.05, 3.63) is 36.7 Å². The third-order valence-corrected chi connectivity index (χ3v) is 3.06. The first-order valence-corrected chi connectivity index (χ1v) is 7.17. The second-order valence-corrected chi connectivity index (χ2v) is 5.67. The molecule has 6 heteroatoms. The molecule has 0 bridgehead atoms. The van der Waals surface area contributed by atoms with Crippen LogP contribution in [0.4, 0.5) is 10.5 Å². The maximum Gasteiger partial charge on any atom is 0.321 e. The van der Waals surface area contributed by atoms with E-state index in [9.17, 15) is 9.90 Å². The Kier molecular flexibility index (Phi) is 4.82. The molecule has 2 rings (SSSR count). The van der Waals surface area contributed by atoms with E-state index in [1.54, 1.807) is 37.1 Å². The highest BCUT2D eigenvalue weighted by atomic mass is 16.3. The number of urea groups is 1. The number of nitrogens with one attached hydrogen (secondary N) is 1. The molecule has 2 aromatic rings. The Labute approximate surface area is 129 Å². The average Bonchev–Trinajstić information content (AvgIpc) is 2.98. The highest BCUT2D eigenvalue weighted by Crippen LogP contribution is 2.19. The van der Waals surface area contributed by atoms with Crippen LogP contribution in [0.5, 0.6) is 0 Å². The second-order valence-electron chi connectivity index (χ2n) is 5.67. The fourth-order valence-electron chi connectivity index (χ4n) is 2.06. The van der Waals surface area contributed by atoms with Crippen molar-refractivity contribution in [1.29, 1.82) is 0 Å². The Morgan fingerprint density at radius 1 is 1.36 bits per heavy atom. The summed E-state index contributed by atoms with van der Waals surface area (Å²) in [5.74, 6) is 0.537. The Morgan fingerprint density at radius 3 is 2.55 bits per heavy atom. The number of hydrogen-bond donors (Lipinski definition) is 2. The van der Waals surface area contributed by atoms with E-state index in [0.717, 1.165) is 5.56 Å². The number of carbonyl (C=O) groups is 1. The molecule has 0 aliphatic heterocycles. The van der Waals surface area contributed by atoms with Gasteiger partial charge in [-0.15, -0.1) is 0 Å². The molecule has 0 unspecified atom stereocenters. The van der Waals surface area contributed by atoms with Crippen LogP contribution in [0.2, 0.25) is 0 Å². The molecule has 0 spiro atoms. The number of amides is 2. The van der Waals surface area contributed by atoms with Crippen LogP contribution in [0.1, 0.15) is 20.8 Å². The summed E-state index contributed by atoms with van der Waals surface area (Å²) in [7, 11) is 0. The van der Waals surface area contributed by atoms with E-state index in [1.165, 1.54) is 6.26 Å². The largest absolute Gasteiger partial charge is 0.445 e. The number of carbonyl (C=O) groups excluding carboxylic acids is 1. The zero-order chi connectivity index (χ0) is 16.2. The monoisotopic (exact) mass is 303 g/mol. The number of hydrogen-bond acceptors (Lipinski definition) is 4. The lowest BCUT2D eigenvalue weighted by Gasteiger charge is -2.28. The van der Waals surface area contributed by atoms with Gasteiger partial charge in [0.15, 0.2) is 0 Å². The van der Waals surface area contributed by atoms with E-state index in [4.69, 9.17) is 4.42 Å². The number of anilines is 1. The Morgan fingerprint density at radius 2 is 2.05 bits per heavy atom. The molecule has 0 aliphatic rings. The van der Waals surface area contributed by atoms with Crippen molar-refractivity contribution in [2.45, 2.75) is 26.4 Å². The van der Waals surface area contributed by atoms with Crippen LogP contribution in [0.25, 0.3) is 11.5 Å². The summed E-state index contributed by atoms with van der Waals surface area (Å²) < 4.78 is 5.22. The van der Waals surface area contributed by atoms with Crippen molar-refractivity contribution in [2.24, 2.45) is 0 Å². The number of likely N-dealkylation sites (N-methyl/N-ethyl adjacent to an activating group) is 1. The van der Waals surface area contributed by atoms with Crippen LogP contribution in [0.3, 0.4) is 0 Å². The molecule has 0 atom stereocenters. The van der Waals surface area contributed by atoms with Crippen molar-refractivity contribution < 1.29 is 14.3 Å². The lowest BCUT2D eigenvalue weighted by Crippen LogP contribution is -2.44. The SMILES string of the molecule is CCN(CC(C)(C)O)C(=O)Nc1ccc(-c2ncco2)cc1. The summed E-state index contributed by atoms with van der Waals surface area (Å²) in [5, 5.41) is 12.7. The molecular formula is C16H21N3O3. The lowest BCUT2D eigenvalue weighted by atomic mass is 10.1. The fourth-order valence-corrected chi connectivity index (χ4v) is 2.06. The molecule has 0 saturated carbocycles. The molecule has 2 amide bonds. The zero-order valence-electron chi connectivity index (χ0n) is 13.0. The van der Waals surface area contributed by atoms with Gasteiger partial charge in [0, 0.05) is 17.8 Å². The van der Waals surface area contributed by atoms with E-state index in [1.807, 2.05) is 19.1 Å². The molecular weight excluding hydrogens is 282 g/mol. The molecule has 22 heavy (non-hydrogen) atoms. The van der Waals surface area contributed by atoms with Crippen LogP contribution >= 0.6 is 0 Å². The molecule has 1 heterocycles. The van der Waals surface area contributed by atoms with Crippen LogP contribution < -0.4 is 5.32 Å².